The Bertz CT molecular complexity index is 717. The highest BCUT2D eigenvalue weighted by Crippen LogP contribution is 2.20. The number of aryl methyl sites for hydroxylation is 1. The minimum absolute atomic E-state index is 0. The first-order valence-electron chi connectivity index (χ1n) is 6.83. The van der Waals surface area contributed by atoms with E-state index < -0.39 is 0 Å². The lowest BCUT2D eigenvalue weighted by Gasteiger charge is -2.11. The summed E-state index contributed by atoms with van der Waals surface area (Å²) < 4.78 is 1.54. The predicted octanol–water partition coefficient (Wildman–Crippen LogP) is 1.44. The van der Waals surface area contributed by atoms with Crippen molar-refractivity contribution < 1.29 is 12.4 Å². The smallest absolute Gasteiger partial charge is 0.277 e. The van der Waals surface area contributed by atoms with Gasteiger partial charge in [0.25, 0.3) is 11.8 Å². The van der Waals surface area contributed by atoms with Crippen LogP contribution in [0.1, 0.15) is 49.2 Å². The Labute approximate surface area is 130 Å². The van der Waals surface area contributed by atoms with E-state index in [4.69, 9.17) is 0 Å². The lowest BCUT2D eigenvalue weighted by atomic mass is 10.0. The van der Waals surface area contributed by atoms with Crippen molar-refractivity contribution in [2.45, 2.75) is 19.8 Å². The topological polar surface area (TPSA) is 102 Å². The molecule has 0 unspecified atom stereocenters. The van der Waals surface area contributed by atoms with E-state index in [1.165, 1.54) is 11.7 Å². The van der Waals surface area contributed by atoms with Crippen LogP contribution in [0.3, 0.4) is 0 Å². The van der Waals surface area contributed by atoms with Crippen LogP contribution in [0.25, 0.3) is 0 Å². The molecule has 0 spiro atoms. The summed E-state index contributed by atoms with van der Waals surface area (Å²) in [6, 6.07) is 3.26. The molecule has 0 aliphatic heterocycles. The van der Waals surface area contributed by atoms with Gasteiger partial charge in [-0.2, -0.15) is 5.10 Å². The van der Waals surface area contributed by atoms with Gasteiger partial charge in [-0.1, -0.05) is 13.8 Å². The van der Waals surface area contributed by atoms with Crippen molar-refractivity contribution in [2.24, 2.45) is 7.05 Å². The van der Waals surface area contributed by atoms with E-state index in [9.17, 15) is 9.59 Å². The highest BCUT2D eigenvalue weighted by atomic mass is 16.2. The summed E-state index contributed by atoms with van der Waals surface area (Å²) in [4.78, 5) is 23.8. The molecular weight excluding hydrogens is 284 g/mol. The predicted molar refractivity (Wildman–Crippen MR) is 84.9 cm³/mol. The van der Waals surface area contributed by atoms with E-state index >= 15 is 0 Å². The Morgan fingerprint density at radius 3 is 2.55 bits per heavy atom. The summed E-state index contributed by atoms with van der Waals surface area (Å²) in [5, 5.41) is 17.0. The minimum Gasteiger partial charge on any atom is -0.354 e. The molecule has 8 heteroatoms. The second kappa shape index (κ2) is 6.33. The van der Waals surface area contributed by atoms with Gasteiger partial charge in [-0.25, -0.2) is 0 Å². The molecule has 0 saturated heterocycles. The van der Waals surface area contributed by atoms with Crippen LogP contribution in [-0.2, 0) is 7.05 Å². The number of hydrogen-bond acceptors (Lipinski definition) is 5. The van der Waals surface area contributed by atoms with Crippen molar-refractivity contribution in [1.29, 1.82) is 0 Å². The third kappa shape index (κ3) is 3.27. The van der Waals surface area contributed by atoms with E-state index in [1.54, 1.807) is 25.4 Å². The molecule has 0 fully saturated rings. The molecule has 2 heterocycles. The molecule has 8 nitrogen and oxygen atoms in total. The van der Waals surface area contributed by atoms with Gasteiger partial charge in [0.05, 0.1) is 0 Å². The van der Waals surface area contributed by atoms with Crippen LogP contribution >= 0.6 is 0 Å². The number of anilines is 1. The Hall–Kier alpha value is -2.77. The van der Waals surface area contributed by atoms with E-state index in [-0.39, 0.29) is 37.8 Å². The molecule has 120 valence electrons. The van der Waals surface area contributed by atoms with Crippen LogP contribution in [0.2, 0.25) is 0 Å². The minimum atomic E-state index is -0.378. The molecule has 0 aliphatic carbocycles. The molecule has 2 aromatic heterocycles. The molecule has 0 aliphatic rings. The van der Waals surface area contributed by atoms with Gasteiger partial charge >= 0.3 is 0 Å². The SMILES string of the molecule is CNC(=O)c1nnc(NC(=O)c2ccn(C)n2)cc1C(C)C.[HH].[HH]. The average molecular weight is 306 g/mol. The Kier molecular flexibility index (Phi) is 4.50. The van der Waals surface area contributed by atoms with E-state index in [2.05, 4.69) is 25.9 Å². The van der Waals surface area contributed by atoms with Crippen molar-refractivity contribution in [2.75, 3.05) is 12.4 Å². The van der Waals surface area contributed by atoms with Crippen molar-refractivity contribution in [1.82, 2.24) is 25.3 Å². The van der Waals surface area contributed by atoms with E-state index in [1.807, 2.05) is 13.8 Å². The molecule has 2 rings (SSSR count). The highest BCUT2D eigenvalue weighted by molar-refractivity contribution is 6.02. The summed E-state index contributed by atoms with van der Waals surface area (Å²) in [5.74, 6) is -0.337. The summed E-state index contributed by atoms with van der Waals surface area (Å²) >= 11 is 0. The molecule has 0 aromatic carbocycles. The summed E-state index contributed by atoms with van der Waals surface area (Å²) in [6.07, 6.45) is 1.68. The van der Waals surface area contributed by atoms with Gasteiger partial charge in [-0.3, -0.25) is 14.3 Å². The van der Waals surface area contributed by atoms with Crippen molar-refractivity contribution in [3.8, 4) is 0 Å². The second-order valence-electron chi connectivity index (χ2n) is 5.10. The quantitative estimate of drug-likeness (QED) is 0.890. The fourth-order valence-electron chi connectivity index (χ4n) is 1.92. The standard InChI is InChI=1S/C14H18N6O2.2H2/c1-8(2)9-7-11(17-18-12(9)14(22)15-3)16-13(21)10-5-6-20(4)19-10;;/h5-8H,1-4H3,(H,15,22)(H,16,17,21);2*1H. The first-order chi connectivity index (χ1) is 10.4. The van der Waals surface area contributed by atoms with E-state index in [0.29, 0.717) is 5.56 Å². The summed E-state index contributed by atoms with van der Waals surface area (Å²) in [5.41, 5.74) is 1.25. The molecule has 2 aromatic rings. The maximum absolute atomic E-state index is 12.0. The number of nitrogens with zero attached hydrogens (tertiary/aromatic N) is 4. The van der Waals surface area contributed by atoms with E-state index in [0.717, 1.165) is 0 Å². The van der Waals surface area contributed by atoms with Crippen LogP contribution < -0.4 is 10.6 Å². The molecule has 0 saturated carbocycles. The van der Waals surface area contributed by atoms with Gasteiger partial charge in [0.15, 0.2) is 17.2 Å². The monoisotopic (exact) mass is 306 g/mol. The van der Waals surface area contributed by atoms with Gasteiger partial charge in [0, 0.05) is 23.1 Å². The highest BCUT2D eigenvalue weighted by Gasteiger charge is 2.18. The van der Waals surface area contributed by atoms with Gasteiger partial charge in [0.1, 0.15) is 0 Å². The zero-order valence-corrected chi connectivity index (χ0v) is 12.9. The molecule has 0 atom stereocenters. The van der Waals surface area contributed by atoms with Gasteiger partial charge < -0.3 is 10.6 Å². The number of carbonyl (C=O) groups excluding carboxylic acids is 2. The van der Waals surface area contributed by atoms with Crippen LogP contribution in [0.4, 0.5) is 5.82 Å². The third-order valence-electron chi connectivity index (χ3n) is 3.08. The van der Waals surface area contributed by atoms with Crippen molar-refractivity contribution >= 4 is 17.6 Å². The molecule has 0 radical (unpaired) electrons. The largest absolute Gasteiger partial charge is 0.354 e. The van der Waals surface area contributed by atoms with Gasteiger partial charge in [-0.05, 0) is 23.6 Å². The Balaban J connectivity index is 0.00000264. The average Bonchev–Trinajstić information content (AvgIpc) is 2.93. The summed E-state index contributed by atoms with van der Waals surface area (Å²) in [7, 11) is 3.26. The van der Waals surface area contributed by atoms with Crippen LogP contribution in [-0.4, -0.2) is 38.8 Å². The van der Waals surface area contributed by atoms with Crippen molar-refractivity contribution in [3.05, 3.63) is 35.3 Å². The zero-order chi connectivity index (χ0) is 16.3. The molecule has 2 amide bonds. The number of aromatic nitrogens is 4. The first-order valence-corrected chi connectivity index (χ1v) is 6.83. The number of carbonyl (C=O) groups is 2. The maximum atomic E-state index is 12.0. The number of amides is 2. The van der Waals surface area contributed by atoms with Crippen molar-refractivity contribution in [3.63, 3.8) is 0 Å². The van der Waals surface area contributed by atoms with Crippen LogP contribution in [0.15, 0.2) is 18.3 Å². The number of hydrogen-bond donors (Lipinski definition) is 2. The Morgan fingerprint density at radius 1 is 1.27 bits per heavy atom. The zero-order valence-electron chi connectivity index (χ0n) is 12.9. The fourth-order valence-corrected chi connectivity index (χ4v) is 1.92. The normalized spacial score (nSPS) is 10.6. The Morgan fingerprint density at radius 2 is 2.00 bits per heavy atom. The molecular formula is C14H22N6O2. The summed E-state index contributed by atoms with van der Waals surface area (Å²) in [6.45, 7) is 3.88. The van der Waals surface area contributed by atoms with Crippen LogP contribution in [0, 0.1) is 0 Å². The fraction of sp³-hybridized carbons (Fsp3) is 0.357. The number of rotatable bonds is 4. The molecule has 22 heavy (non-hydrogen) atoms. The maximum Gasteiger partial charge on any atom is 0.277 e. The molecule has 2 N–H and O–H groups in total. The lowest BCUT2D eigenvalue weighted by Crippen LogP contribution is -2.23. The third-order valence-corrected chi connectivity index (χ3v) is 3.08. The van der Waals surface area contributed by atoms with Gasteiger partial charge in [-0.15, -0.1) is 10.2 Å². The first kappa shape index (κ1) is 15.6. The second-order valence-corrected chi connectivity index (χ2v) is 5.10. The van der Waals surface area contributed by atoms with Gasteiger partial charge in [0.2, 0.25) is 0 Å². The molecule has 0 bridgehead atoms. The number of nitrogens with one attached hydrogen (secondary N) is 2. The van der Waals surface area contributed by atoms with Crippen LogP contribution in [0.5, 0.6) is 0 Å². The lowest BCUT2D eigenvalue weighted by molar-refractivity contribution is 0.0955.